The Kier molecular flexibility index (Phi) is 7.06. The molecule has 24 heavy (non-hydrogen) atoms. The second-order valence-corrected chi connectivity index (χ2v) is 6.35. The third-order valence-electron chi connectivity index (χ3n) is 4.10. The predicted octanol–water partition coefficient (Wildman–Crippen LogP) is 1.15. The summed E-state index contributed by atoms with van der Waals surface area (Å²) >= 11 is 0. The van der Waals surface area contributed by atoms with Crippen LogP contribution in [0.3, 0.4) is 0 Å². The lowest BCUT2D eigenvalue weighted by molar-refractivity contribution is 0.0951. The summed E-state index contributed by atoms with van der Waals surface area (Å²) < 4.78 is 0. The van der Waals surface area contributed by atoms with Crippen LogP contribution in [0.4, 0.5) is 0 Å². The van der Waals surface area contributed by atoms with Crippen molar-refractivity contribution in [1.29, 1.82) is 0 Å². The van der Waals surface area contributed by atoms with Crippen LogP contribution < -0.4 is 10.6 Å². The molecule has 132 valence electrons. The second-order valence-electron chi connectivity index (χ2n) is 6.35. The largest absolute Gasteiger partial charge is 0.352 e. The summed E-state index contributed by atoms with van der Waals surface area (Å²) in [6.07, 6.45) is 2.45. The molecule has 2 N–H and O–H groups in total. The van der Waals surface area contributed by atoms with Gasteiger partial charge < -0.3 is 20.4 Å². The number of hydrogen-bond acceptors (Lipinski definition) is 3. The highest BCUT2D eigenvalue weighted by molar-refractivity contribution is 5.94. The summed E-state index contributed by atoms with van der Waals surface area (Å²) in [7, 11) is 5.80. The molecule has 0 saturated carbocycles. The molecule has 2 rings (SSSR count). The van der Waals surface area contributed by atoms with Crippen LogP contribution in [0.2, 0.25) is 0 Å². The van der Waals surface area contributed by atoms with Crippen molar-refractivity contribution in [1.82, 2.24) is 20.4 Å². The van der Waals surface area contributed by atoms with Crippen molar-refractivity contribution in [3.8, 4) is 0 Å². The maximum Gasteiger partial charge on any atom is 0.251 e. The van der Waals surface area contributed by atoms with Crippen molar-refractivity contribution in [3.05, 3.63) is 35.4 Å². The highest BCUT2D eigenvalue weighted by atomic mass is 16.1. The lowest BCUT2D eigenvalue weighted by atomic mass is 10.1. The van der Waals surface area contributed by atoms with Crippen molar-refractivity contribution in [2.75, 3.05) is 47.3 Å². The number of nitrogens with zero attached hydrogens (tertiary/aromatic N) is 3. The Balaban J connectivity index is 1.88. The van der Waals surface area contributed by atoms with Crippen molar-refractivity contribution in [2.45, 2.75) is 19.4 Å². The zero-order valence-electron chi connectivity index (χ0n) is 15.0. The second kappa shape index (κ2) is 9.27. The van der Waals surface area contributed by atoms with E-state index in [1.165, 1.54) is 12.8 Å². The number of benzene rings is 1. The normalized spacial score (nSPS) is 15.0. The van der Waals surface area contributed by atoms with E-state index in [2.05, 4.69) is 20.5 Å². The van der Waals surface area contributed by atoms with Gasteiger partial charge in [-0.2, -0.15) is 0 Å². The van der Waals surface area contributed by atoms with Gasteiger partial charge >= 0.3 is 0 Å². The molecule has 1 aliphatic heterocycles. The minimum atomic E-state index is -0.0253. The number of likely N-dealkylation sites (tertiary alicyclic amines) is 1. The number of likely N-dealkylation sites (N-methyl/N-ethyl adjacent to an activating group) is 1. The van der Waals surface area contributed by atoms with Crippen LogP contribution in [-0.4, -0.2) is 69.0 Å². The number of guanidine groups is 1. The van der Waals surface area contributed by atoms with Gasteiger partial charge in [0, 0.05) is 45.3 Å². The number of hydrogen-bond donors (Lipinski definition) is 2. The molecule has 1 aromatic carbocycles. The van der Waals surface area contributed by atoms with Crippen LogP contribution in [0, 0.1) is 0 Å². The molecular formula is C18H29N5O. The Morgan fingerprint density at radius 2 is 2.00 bits per heavy atom. The lowest BCUT2D eigenvalue weighted by Crippen LogP contribution is -2.39. The first-order valence-electron chi connectivity index (χ1n) is 8.57. The van der Waals surface area contributed by atoms with E-state index in [-0.39, 0.29) is 5.91 Å². The summed E-state index contributed by atoms with van der Waals surface area (Å²) in [6, 6.07) is 7.75. The number of carbonyl (C=O) groups excluding carboxylic acids is 1. The van der Waals surface area contributed by atoms with Gasteiger partial charge in [-0.05, 0) is 44.6 Å². The molecule has 6 heteroatoms. The van der Waals surface area contributed by atoms with Gasteiger partial charge in [0.25, 0.3) is 5.91 Å². The van der Waals surface area contributed by atoms with Crippen molar-refractivity contribution in [2.24, 2.45) is 4.99 Å². The average Bonchev–Trinajstić information content (AvgIpc) is 3.10. The zero-order valence-corrected chi connectivity index (χ0v) is 15.0. The van der Waals surface area contributed by atoms with Crippen molar-refractivity contribution in [3.63, 3.8) is 0 Å². The van der Waals surface area contributed by atoms with Crippen LogP contribution in [0.1, 0.15) is 28.8 Å². The summed E-state index contributed by atoms with van der Waals surface area (Å²) in [5.41, 5.74) is 1.78. The summed E-state index contributed by atoms with van der Waals surface area (Å²) in [5.74, 6) is 0.913. The van der Waals surface area contributed by atoms with Crippen molar-refractivity contribution < 1.29 is 4.79 Å². The molecule has 1 amide bonds. The fourth-order valence-corrected chi connectivity index (χ4v) is 2.76. The van der Waals surface area contributed by atoms with Crippen LogP contribution in [0.5, 0.6) is 0 Å². The Morgan fingerprint density at radius 1 is 1.25 bits per heavy atom. The molecule has 1 heterocycles. The summed E-state index contributed by atoms with van der Waals surface area (Å²) in [6.45, 7) is 4.28. The minimum Gasteiger partial charge on any atom is -0.352 e. The molecular weight excluding hydrogens is 302 g/mol. The SMILES string of the molecule is CN=C(NCc1cccc(C(=O)NCCN(C)C)c1)N1CCCC1. The van der Waals surface area contributed by atoms with Crippen molar-refractivity contribution >= 4 is 11.9 Å². The molecule has 0 aliphatic carbocycles. The topological polar surface area (TPSA) is 60.0 Å². The first-order valence-corrected chi connectivity index (χ1v) is 8.57. The molecule has 0 radical (unpaired) electrons. The molecule has 0 bridgehead atoms. The van der Waals surface area contributed by atoms with Crippen LogP contribution >= 0.6 is 0 Å². The van der Waals surface area contributed by atoms with Gasteiger partial charge in [-0.15, -0.1) is 0 Å². The van der Waals surface area contributed by atoms with Gasteiger partial charge in [0.05, 0.1) is 0 Å². The number of carbonyl (C=O) groups is 1. The van der Waals surface area contributed by atoms with E-state index in [1.807, 2.05) is 50.3 Å². The Bertz CT molecular complexity index is 564. The standard InChI is InChI=1S/C18H29N5O/c1-19-18(23-10-4-5-11-23)21-14-15-7-6-8-16(13-15)17(24)20-9-12-22(2)3/h6-8,13H,4-5,9-12,14H2,1-3H3,(H,19,21)(H,20,24). The fraction of sp³-hybridized carbons (Fsp3) is 0.556. The van der Waals surface area contributed by atoms with E-state index in [4.69, 9.17) is 0 Å². The quantitative estimate of drug-likeness (QED) is 0.606. The first kappa shape index (κ1) is 18.3. The maximum absolute atomic E-state index is 12.2. The van der Waals surface area contributed by atoms with Gasteiger partial charge in [0.1, 0.15) is 0 Å². The van der Waals surface area contributed by atoms with Crippen LogP contribution in [0.25, 0.3) is 0 Å². The molecule has 1 aliphatic rings. The van der Waals surface area contributed by atoms with E-state index < -0.39 is 0 Å². The van der Waals surface area contributed by atoms with E-state index in [1.54, 1.807) is 0 Å². The average molecular weight is 331 g/mol. The molecule has 0 unspecified atom stereocenters. The minimum absolute atomic E-state index is 0.0253. The molecule has 0 aromatic heterocycles. The summed E-state index contributed by atoms with van der Waals surface area (Å²) in [5, 5.41) is 6.33. The first-order chi connectivity index (χ1) is 11.6. The van der Waals surface area contributed by atoms with E-state index in [9.17, 15) is 4.79 Å². The zero-order chi connectivity index (χ0) is 17.4. The molecule has 6 nitrogen and oxygen atoms in total. The van der Waals surface area contributed by atoms with Gasteiger partial charge in [0.2, 0.25) is 0 Å². The maximum atomic E-state index is 12.2. The molecule has 1 saturated heterocycles. The number of rotatable bonds is 6. The van der Waals surface area contributed by atoms with Crippen LogP contribution in [0.15, 0.2) is 29.3 Å². The highest BCUT2D eigenvalue weighted by Crippen LogP contribution is 2.09. The Morgan fingerprint density at radius 3 is 2.67 bits per heavy atom. The Labute approximate surface area is 144 Å². The molecule has 1 fully saturated rings. The third-order valence-corrected chi connectivity index (χ3v) is 4.10. The predicted molar refractivity (Wildman–Crippen MR) is 98.3 cm³/mol. The number of amides is 1. The monoisotopic (exact) mass is 331 g/mol. The smallest absolute Gasteiger partial charge is 0.251 e. The van der Waals surface area contributed by atoms with Gasteiger partial charge in [-0.1, -0.05) is 12.1 Å². The van der Waals surface area contributed by atoms with Crippen LogP contribution in [-0.2, 0) is 6.54 Å². The van der Waals surface area contributed by atoms with Gasteiger partial charge in [-0.25, -0.2) is 0 Å². The number of aliphatic imine (C=N–C) groups is 1. The van der Waals surface area contributed by atoms with Gasteiger partial charge in [0.15, 0.2) is 5.96 Å². The van der Waals surface area contributed by atoms with Gasteiger partial charge in [-0.3, -0.25) is 9.79 Å². The highest BCUT2D eigenvalue weighted by Gasteiger charge is 2.15. The molecule has 0 atom stereocenters. The Hall–Kier alpha value is -2.08. The van der Waals surface area contributed by atoms with E-state index >= 15 is 0 Å². The summed E-state index contributed by atoms with van der Waals surface area (Å²) in [4.78, 5) is 20.9. The number of nitrogens with one attached hydrogen (secondary N) is 2. The van der Waals surface area contributed by atoms with E-state index in [0.717, 1.165) is 31.2 Å². The third kappa shape index (κ3) is 5.53. The lowest BCUT2D eigenvalue weighted by Gasteiger charge is -2.21. The van der Waals surface area contributed by atoms with E-state index in [0.29, 0.717) is 18.7 Å². The molecule has 0 spiro atoms. The molecule has 1 aromatic rings. The fourth-order valence-electron chi connectivity index (χ4n) is 2.76.